The van der Waals surface area contributed by atoms with Crippen LogP contribution in [0.4, 0.5) is 11.4 Å². The minimum atomic E-state index is -0.872. The predicted molar refractivity (Wildman–Crippen MR) is 124 cm³/mol. The fourth-order valence-electron chi connectivity index (χ4n) is 2.97. The summed E-state index contributed by atoms with van der Waals surface area (Å²) in [7, 11) is 0. The fourth-order valence-corrected chi connectivity index (χ4v) is 2.97. The van der Waals surface area contributed by atoms with Gasteiger partial charge < -0.3 is 10.1 Å². The number of anilines is 1. The van der Waals surface area contributed by atoms with Gasteiger partial charge in [-0.25, -0.2) is 4.79 Å². The Kier molecular flexibility index (Phi) is 7.45. The highest BCUT2D eigenvalue weighted by molar-refractivity contribution is 6.18. The van der Waals surface area contributed by atoms with E-state index in [2.05, 4.69) is 27.2 Å². The smallest absolute Gasteiger partial charge is 0.333 e. The van der Waals surface area contributed by atoms with Crippen LogP contribution >= 0.6 is 0 Å². The number of azo groups is 1. The Morgan fingerprint density at radius 3 is 2.55 bits per heavy atom. The predicted octanol–water partition coefficient (Wildman–Crippen LogP) is 3.80. The topological polar surface area (TPSA) is 113 Å². The Hall–Kier alpha value is -4.14. The van der Waals surface area contributed by atoms with Gasteiger partial charge in [0.2, 0.25) is 0 Å². The van der Waals surface area contributed by atoms with Gasteiger partial charge in [-0.2, -0.15) is 20.3 Å². The molecule has 2 aromatic rings. The van der Waals surface area contributed by atoms with Crippen molar-refractivity contribution in [3.8, 4) is 0 Å². The molecule has 1 heterocycles. The third-order valence-electron chi connectivity index (χ3n) is 4.73. The molecule has 0 aliphatic carbocycles. The molecule has 1 aliphatic heterocycles. The zero-order valence-corrected chi connectivity index (χ0v) is 18.7. The van der Waals surface area contributed by atoms with Crippen LogP contribution in [0.1, 0.15) is 31.1 Å². The van der Waals surface area contributed by atoms with Gasteiger partial charge in [-0.3, -0.25) is 9.59 Å². The number of hydrogen-bond acceptors (Lipinski definition) is 7. The van der Waals surface area contributed by atoms with Crippen LogP contribution in [0.15, 0.2) is 82.1 Å². The van der Waals surface area contributed by atoms with E-state index >= 15 is 0 Å². The quantitative estimate of drug-likeness (QED) is 0.377. The monoisotopic (exact) mass is 447 g/mol. The SMILES string of the molecule is C=C(C)C(=O)OC(C)CNC(=O)c1ccccc1/N=N/C1C(=O)N(c2ccccc2)N=C1C. The van der Waals surface area contributed by atoms with E-state index < -0.39 is 24.0 Å². The van der Waals surface area contributed by atoms with Crippen molar-refractivity contribution in [1.29, 1.82) is 0 Å². The fraction of sp³-hybridized carbons (Fsp3) is 0.250. The molecule has 9 heteroatoms. The van der Waals surface area contributed by atoms with Crippen molar-refractivity contribution in [1.82, 2.24) is 5.32 Å². The third kappa shape index (κ3) is 5.76. The maximum Gasteiger partial charge on any atom is 0.333 e. The highest BCUT2D eigenvalue weighted by Crippen LogP contribution is 2.24. The lowest BCUT2D eigenvalue weighted by Crippen LogP contribution is -2.33. The van der Waals surface area contributed by atoms with Crippen LogP contribution in [-0.2, 0) is 14.3 Å². The molecule has 0 spiro atoms. The number of para-hydroxylation sites is 1. The second-order valence-corrected chi connectivity index (χ2v) is 7.57. The summed E-state index contributed by atoms with van der Waals surface area (Å²) in [5.74, 6) is -1.25. The number of nitrogens with one attached hydrogen (secondary N) is 1. The number of esters is 1. The molecule has 2 amide bonds. The molecular weight excluding hydrogens is 422 g/mol. The molecule has 0 radical (unpaired) electrons. The summed E-state index contributed by atoms with van der Waals surface area (Å²) in [4.78, 5) is 37.1. The number of carbonyl (C=O) groups excluding carboxylic acids is 3. The first-order valence-electron chi connectivity index (χ1n) is 10.4. The molecule has 2 unspecified atom stereocenters. The number of ether oxygens (including phenoxy) is 1. The second-order valence-electron chi connectivity index (χ2n) is 7.57. The first-order valence-corrected chi connectivity index (χ1v) is 10.4. The molecule has 33 heavy (non-hydrogen) atoms. The first-order chi connectivity index (χ1) is 15.8. The van der Waals surface area contributed by atoms with Gasteiger partial charge >= 0.3 is 5.97 Å². The molecule has 0 saturated heterocycles. The average Bonchev–Trinajstić information content (AvgIpc) is 3.09. The third-order valence-corrected chi connectivity index (χ3v) is 4.73. The van der Waals surface area contributed by atoms with Gasteiger partial charge in [-0.15, -0.1) is 0 Å². The lowest BCUT2D eigenvalue weighted by molar-refractivity contribution is -0.143. The number of nitrogens with zero attached hydrogens (tertiary/aromatic N) is 4. The van der Waals surface area contributed by atoms with Crippen LogP contribution in [0.25, 0.3) is 0 Å². The van der Waals surface area contributed by atoms with Crippen LogP contribution < -0.4 is 10.3 Å². The highest BCUT2D eigenvalue weighted by Gasteiger charge is 2.34. The van der Waals surface area contributed by atoms with Gasteiger partial charge in [-0.1, -0.05) is 36.9 Å². The summed E-state index contributed by atoms with van der Waals surface area (Å²) < 4.78 is 5.16. The van der Waals surface area contributed by atoms with E-state index in [9.17, 15) is 14.4 Å². The summed E-state index contributed by atoms with van der Waals surface area (Å²) in [5.41, 5.74) is 2.01. The van der Waals surface area contributed by atoms with Gasteiger partial charge in [0.05, 0.1) is 29.2 Å². The molecule has 0 bridgehead atoms. The molecule has 1 N–H and O–H groups in total. The van der Waals surface area contributed by atoms with Gasteiger partial charge in [0, 0.05) is 5.57 Å². The molecule has 2 atom stereocenters. The standard InChI is InChI=1S/C24H25N5O4/c1-15(2)24(32)33-16(3)14-25-22(30)19-12-8-9-13-20(19)26-27-21-17(4)28-29(23(21)31)18-10-6-5-7-11-18/h5-13,16,21H,1,14H2,2-4H3,(H,25,30)/b27-26+. The molecule has 170 valence electrons. The summed E-state index contributed by atoms with van der Waals surface area (Å²) in [6.07, 6.45) is -0.536. The minimum Gasteiger partial charge on any atom is -0.457 e. The average molecular weight is 447 g/mol. The summed E-state index contributed by atoms with van der Waals surface area (Å²) >= 11 is 0. The second kappa shape index (κ2) is 10.4. The Labute approximate surface area is 191 Å². The number of amides is 2. The Morgan fingerprint density at radius 2 is 1.85 bits per heavy atom. The van der Waals surface area contributed by atoms with E-state index in [1.165, 1.54) is 5.01 Å². The maximum absolute atomic E-state index is 12.8. The number of carbonyl (C=O) groups is 3. The molecule has 0 saturated carbocycles. The first kappa shape index (κ1) is 23.5. The van der Waals surface area contributed by atoms with Gasteiger partial charge in [-0.05, 0) is 45.0 Å². The maximum atomic E-state index is 12.8. The van der Waals surface area contributed by atoms with Crippen molar-refractivity contribution in [2.45, 2.75) is 32.9 Å². The Morgan fingerprint density at radius 1 is 1.18 bits per heavy atom. The molecule has 3 rings (SSSR count). The largest absolute Gasteiger partial charge is 0.457 e. The highest BCUT2D eigenvalue weighted by atomic mass is 16.5. The number of hydrogen-bond donors (Lipinski definition) is 1. The van der Waals surface area contributed by atoms with Gasteiger partial charge in [0.25, 0.3) is 11.8 Å². The van der Waals surface area contributed by atoms with Crippen LogP contribution in [-0.4, -0.2) is 42.2 Å². The lowest BCUT2D eigenvalue weighted by Gasteiger charge is -2.14. The molecule has 2 aromatic carbocycles. The Bertz CT molecular complexity index is 1130. The van der Waals surface area contributed by atoms with E-state index in [1.807, 2.05) is 18.2 Å². The molecule has 0 aromatic heterocycles. The van der Waals surface area contributed by atoms with Crippen molar-refractivity contribution in [3.05, 3.63) is 72.3 Å². The van der Waals surface area contributed by atoms with Gasteiger partial charge in [0.15, 0.2) is 6.04 Å². The van der Waals surface area contributed by atoms with Crippen molar-refractivity contribution >= 4 is 34.9 Å². The van der Waals surface area contributed by atoms with Crippen LogP contribution in [0.5, 0.6) is 0 Å². The lowest BCUT2D eigenvalue weighted by atomic mass is 10.1. The normalized spacial score (nSPS) is 16.5. The van der Waals surface area contributed by atoms with E-state index in [1.54, 1.807) is 57.2 Å². The summed E-state index contributed by atoms with van der Waals surface area (Å²) in [6.45, 7) is 8.56. The van der Waals surface area contributed by atoms with E-state index in [-0.39, 0.29) is 23.6 Å². The van der Waals surface area contributed by atoms with Crippen molar-refractivity contribution in [3.63, 3.8) is 0 Å². The van der Waals surface area contributed by atoms with Crippen molar-refractivity contribution in [2.75, 3.05) is 11.6 Å². The van der Waals surface area contributed by atoms with Crippen LogP contribution in [0, 0.1) is 0 Å². The molecule has 1 aliphatic rings. The zero-order valence-electron chi connectivity index (χ0n) is 18.7. The molecular formula is C24H25N5O4. The Balaban J connectivity index is 1.68. The molecule has 9 nitrogen and oxygen atoms in total. The van der Waals surface area contributed by atoms with Crippen LogP contribution in [0.2, 0.25) is 0 Å². The van der Waals surface area contributed by atoms with Crippen molar-refractivity contribution in [2.24, 2.45) is 15.3 Å². The van der Waals surface area contributed by atoms with E-state index in [0.29, 0.717) is 17.1 Å². The van der Waals surface area contributed by atoms with E-state index in [4.69, 9.17) is 4.74 Å². The minimum absolute atomic E-state index is 0.113. The van der Waals surface area contributed by atoms with Crippen LogP contribution in [0.3, 0.4) is 0 Å². The van der Waals surface area contributed by atoms with Crippen molar-refractivity contribution < 1.29 is 19.1 Å². The van der Waals surface area contributed by atoms with E-state index in [0.717, 1.165) is 0 Å². The summed E-state index contributed by atoms with van der Waals surface area (Å²) in [6, 6.07) is 14.8. The number of rotatable bonds is 8. The number of hydrazone groups is 1. The summed E-state index contributed by atoms with van der Waals surface area (Å²) in [5, 5.41) is 16.7. The molecule has 0 fully saturated rings. The van der Waals surface area contributed by atoms with Gasteiger partial charge in [0.1, 0.15) is 6.10 Å². The zero-order chi connectivity index (χ0) is 24.0. The number of benzene rings is 2.